The van der Waals surface area contributed by atoms with Crippen molar-refractivity contribution < 1.29 is 14.0 Å². The number of rotatable bonds is 2. The molecular formula is C12H18N2O3. The Labute approximate surface area is 101 Å². The molecular weight excluding hydrogens is 220 g/mol. The molecule has 1 aromatic rings. The Morgan fingerprint density at radius 1 is 1.29 bits per heavy atom. The minimum absolute atomic E-state index is 0.284. The fraction of sp³-hybridized carbons (Fsp3) is 0.750. The molecule has 1 spiro atoms. The molecule has 0 amide bonds. The maximum absolute atomic E-state index is 5.70. The van der Waals surface area contributed by atoms with E-state index in [1.54, 1.807) is 0 Å². The van der Waals surface area contributed by atoms with Crippen molar-refractivity contribution in [2.24, 2.45) is 0 Å². The zero-order valence-electron chi connectivity index (χ0n) is 10.1. The molecule has 3 heterocycles. The second-order valence-corrected chi connectivity index (χ2v) is 4.82. The van der Waals surface area contributed by atoms with Crippen LogP contribution in [0.5, 0.6) is 0 Å². The summed E-state index contributed by atoms with van der Waals surface area (Å²) in [7, 11) is 0. The fourth-order valence-corrected chi connectivity index (χ4v) is 2.55. The summed E-state index contributed by atoms with van der Waals surface area (Å²) >= 11 is 0. The zero-order chi connectivity index (χ0) is 11.7. The number of hydrogen-bond acceptors (Lipinski definition) is 5. The largest absolute Gasteiger partial charge is 0.360 e. The number of aromatic nitrogens is 1. The van der Waals surface area contributed by atoms with Crippen molar-refractivity contribution in [3.63, 3.8) is 0 Å². The summed E-state index contributed by atoms with van der Waals surface area (Å²) in [4.78, 5) is 2.36. The van der Waals surface area contributed by atoms with Gasteiger partial charge in [-0.15, -0.1) is 0 Å². The Balaban J connectivity index is 1.54. The van der Waals surface area contributed by atoms with Crippen molar-refractivity contribution in [3.8, 4) is 0 Å². The van der Waals surface area contributed by atoms with E-state index in [4.69, 9.17) is 14.0 Å². The average Bonchev–Trinajstić information content (AvgIpc) is 2.93. The van der Waals surface area contributed by atoms with E-state index < -0.39 is 0 Å². The van der Waals surface area contributed by atoms with Crippen LogP contribution in [-0.4, -0.2) is 42.1 Å². The third-order valence-electron chi connectivity index (χ3n) is 3.49. The first-order valence-corrected chi connectivity index (χ1v) is 6.18. The second-order valence-electron chi connectivity index (χ2n) is 4.82. The van der Waals surface area contributed by atoms with Crippen molar-refractivity contribution >= 4 is 0 Å². The minimum Gasteiger partial charge on any atom is -0.360 e. The van der Waals surface area contributed by atoms with Gasteiger partial charge >= 0.3 is 0 Å². The van der Waals surface area contributed by atoms with Crippen LogP contribution in [0.1, 0.15) is 24.3 Å². The smallest absolute Gasteiger partial charge is 0.170 e. The van der Waals surface area contributed by atoms with E-state index in [-0.39, 0.29) is 5.79 Å². The molecule has 0 bridgehead atoms. The Morgan fingerprint density at radius 3 is 2.59 bits per heavy atom. The van der Waals surface area contributed by atoms with Gasteiger partial charge in [-0.25, -0.2) is 0 Å². The summed E-state index contributed by atoms with van der Waals surface area (Å²) in [5.74, 6) is 0.653. The summed E-state index contributed by atoms with van der Waals surface area (Å²) in [6.07, 6.45) is 1.89. The Hall–Kier alpha value is -0.910. The van der Waals surface area contributed by atoms with Crippen LogP contribution in [0.4, 0.5) is 0 Å². The van der Waals surface area contributed by atoms with Gasteiger partial charge in [-0.05, 0) is 6.92 Å². The highest BCUT2D eigenvalue weighted by molar-refractivity contribution is 5.03. The van der Waals surface area contributed by atoms with Crippen LogP contribution in [0.2, 0.25) is 0 Å². The molecule has 2 aliphatic heterocycles. The number of likely N-dealkylation sites (tertiary alicyclic amines) is 1. The van der Waals surface area contributed by atoms with Gasteiger partial charge in [0, 0.05) is 32.0 Å². The highest BCUT2D eigenvalue weighted by Crippen LogP contribution is 2.31. The molecule has 94 valence electrons. The van der Waals surface area contributed by atoms with Gasteiger partial charge in [0.15, 0.2) is 11.5 Å². The fourth-order valence-electron chi connectivity index (χ4n) is 2.55. The average molecular weight is 238 g/mol. The summed E-state index contributed by atoms with van der Waals surface area (Å²) in [6.45, 7) is 6.22. The van der Waals surface area contributed by atoms with E-state index in [1.165, 1.54) is 0 Å². The third-order valence-corrected chi connectivity index (χ3v) is 3.49. The Kier molecular flexibility index (Phi) is 2.90. The standard InChI is InChI=1S/C12H18N2O3/c1-10-8-11(17-13-10)9-14-4-2-12(3-5-14)15-6-7-16-12/h8H,2-7,9H2,1H3. The lowest BCUT2D eigenvalue weighted by Gasteiger charge is -2.37. The van der Waals surface area contributed by atoms with E-state index in [0.29, 0.717) is 0 Å². The predicted molar refractivity (Wildman–Crippen MR) is 60.4 cm³/mol. The van der Waals surface area contributed by atoms with E-state index in [1.807, 2.05) is 13.0 Å². The molecule has 0 saturated carbocycles. The molecule has 0 unspecified atom stereocenters. The number of aryl methyl sites for hydroxylation is 1. The number of hydrogen-bond donors (Lipinski definition) is 0. The molecule has 0 aliphatic carbocycles. The minimum atomic E-state index is -0.284. The van der Waals surface area contributed by atoms with Gasteiger partial charge in [-0.1, -0.05) is 5.16 Å². The monoisotopic (exact) mass is 238 g/mol. The first kappa shape index (κ1) is 11.2. The number of ether oxygens (including phenoxy) is 2. The molecule has 17 heavy (non-hydrogen) atoms. The molecule has 2 aliphatic rings. The molecule has 0 aromatic carbocycles. The molecule has 2 fully saturated rings. The zero-order valence-corrected chi connectivity index (χ0v) is 10.1. The SMILES string of the molecule is Cc1cc(CN2CCC3(CC2)OCCO3)on1. The van der Waals surface area contributed by atoms with Crippen molar-refractivity contribution in [2.45, 2.75) is 32.1 Å². The van der Waals surface area contributed by atoms with E-state index in [0.717, 1.165) is 57.1 Å². The van der Waals surface area contributed by atoms with Crippen LogP contribution in [0, 0.1) is 6.92 Å². The first-order valence-electron chi connectivity index (χ1n) is 6.18. The summed E-state index contributed by atoms with van der Waals surface area (Å²) < 4.78 is 16.6. The van der Waals surface area contributed by atoms with Crippen LogP contribution in [-0.2, 0) is 16.0 Å². The van der Waals surface area contributed by atoms with Gasteiger partial charge in [-0.2, -0.15) is 0 Å². The lowest BCUT2D eigenvalue weighted by Crippen LogP contribution is -2.44. The maximum atomic E-state index is 5.70. The topological polar surface area (TPSA) is 47.7 Å². The molecule has 3 rings (SSSR count). The van der Waals surface area contributed by atoms with Gasteiger partial charge in [0.25, 0.3) is 0 Å². The van der Waals surface area contributed by atoms with Crippen molar-refractivity contribution in [1.82, 2.24) is 10.1 Å². The Morgan fingerprint density at radius 2 is 2.00 bits per heavy atom. The second kappa shape index (κ2) is 4.40. The number of nitrogens with zero attached hydrogens (tertiary/aromatic N) is 2. The van der Waals surface area contributed by atoms with Crippen LogP contribution in [0.15, 0.2) is 10.6 Å². The van der Waals surface area contributed by atoms with Gasteiger partial charge in [0.1, 0.15) is 0 Å². The highest BCUT2D eigenvalue weighted by atomic mass is 16.7. The Bertz CT molecular complexity index is 375. The summed E-state index contributed by atoms with van der Waals surface area (Å²) in [6, 6.07) is 1.99. The number of piperidine rings is 1. The van der Waals surface area contributed by atoms with Crippen LogP contribution >= 0.6 is 0 Å². The third kappa shape index (κ3) is 2.36. The van der Waals surface area contributed by atoms with Crippen LogP contribution in [0.3, 0.4) is 0 Å². The summed E-state index contributed by atoms with van der Waals surface area (Å²) in [5.41, 5.74) is 0.941. The summed E-state index contributed by atoms with van der Waals surface area (Å²) in [5, 5.41) is 3.90. The van der Waals surface area contributed by atoms with Gasteiger partial charge in [0.2, 0.25) is 0 Å². The normalized spacial score (nSPS) is 24.5. The molecule has 0 N–H and O–H groups in total. The molecule has 5 nitrogen and oxygen atoms in total. The van der Waals surface area contributed by atoms with Crippen LogP contribution in [0.25, 0.3) is 0 Å². The van der Waals surface area contributed by atoms with Crippen molar-refractivity contribution in [2.75, 3.05) is 26.3 Å². The first-order chi connectivity index (χ1) is 8.26. The molecule has 0 atom stereocenters. The van der Waals surface area contributed by atoms with Crippen molar-refractivity contribution in [3.05, 3.63) is 17.5 Å². The molecule has 1 aromatic heterocycles. The predicted octanol–water partition coefficient (Wildman–Crippen LogP) is 1.32. The van der Waals surface area contributed by atoms with Crippen molar-refractivity contribution in [1.29, 1.82) is 0 Å². The van der Waals surface area contributed by atoms with Gasteiger partial charge in [0.05, 0.1) is 25.5 Å². The molecule has 0 radical (unpaired) electrons. The quantitative estimate of drug-likeness (QED) is 0.777. The highest BCUT2D eigenvalue weighted by Gasteiger charge is 2.39. The van der Waals surface area contributed by atoms with Crippen LogP contribution < -0.4 is 0 Å². The van der Waals surface area contributed by atoms with Gasteiger partial charge in [-0.3, -0.25) is 4.90 Å². The molecule has 2 saturated heterocycles. The molecule has 5 heteroatoms. The van der Waals surface area contributed by atoms with Gasteiger partial charge < -0.3 is 14.0 Å². The lowest BCUT2D eigenvalue weighted by molar-refractivity contribution is -0.186. The maximum Gasteiger partial charge on any atom is 0.170 e. The van der Waals surface area contributed by atoms with E-state index in [2.05, 4.69) is 10.1 Å². The lowest BCUT2D eigenvalue weighted by atomic mass is 10.0. The van der Waals surface area contributed by atoms with E-state index >= 15 is 0 Å². The van der Waals surface area contributed by atoms with E-state index in [9.17, 15) is 0 Å².